The normalized spacial score (nSPS) is 10.0. The summed E-state index contributed by atoms with van der Waals surface area (Å²) in [6.07, 6.45) is 0.874. The molecule has 0 aliphatic rings. The standard InChI is InChI=1S/C19H21N3O3/c1-3-12-20-18(24)15-6-10-17(11-7-15)22-19(25)21-16-8-4-14(5-9-16)13(2)23/h4-11H,3,12H2,1-2H3,(H,20,24)(H2,21,22,25). The molecule has 0 spiro atoms. The van der Waals surface area contributed by atoms with E-state index < -0.39 is 6.03 Å². The predicted octanol–water partition coefficient (Wildman–Crippen LogP) is 3.67. The lowest BCUT2D eigenvalue weighted by Crippen LogP contribution is -2.24. The van der Waals surface area contributed by atoms with E-state index in [1.165, 1.54) is 6.92 Å². The number of hydrogen-bond donors (Lipinski definition) is 3. The van der Waals surface area contributed by atoms with Gasteiger partial charge in [-0.1, -0.05) is 6.92 Å². The summed E-state index contributed by atoms with van der Waals surface area (Å²) >= 11 is 0. The van der Waals surface area contributed by atoms with Crippen molar-refractivity contribution in [2.45, 2.75) is 20.3 Å². The third-order valence-corrected chi connectivity index (χ3v) is 3.49. The van der Waals surface area contributed by atoms with Crippen molar-refractivity contribution in [1.82, 2.24) is 5.32 Å². The molecule has 0 atom stereocenters. The number of benzene rings is 2. The van der Waals surface area contributed by atoms with E-state index in [1.54, 1.807) is 48.5 Å². The first-order valence-corrected chi connectivity index (χ1v) is 8.07. The minimum Gasteiger partial charge on any atom is -0.352 e. The first-order valence-electron chi connectivity index (χ1n) is 8.07. The molecule has 0 fully saturated rings. The molecule has 0 radical (unpaired) electrons. The molecule has 6 heteroatoms. The Bertz CT molecular complexity index is 752. The van der Waals surface area contributed by atoms with Gasteiger partial charge in [-0.3, -0.25) is 9.59 Å². The van der Waals surface area contributed by atoms with Crippen LogP contribution in [0.5, 0.6) is 0 Å². The molecule has 25 heavy (non-hydrogen) atoms. The fourth-order valence-electron chi connectivity index (χ4n) is 2.13. The van der Waals surface area contributed by atoms with Crippen molar-refractivity contribution in [3.63, 3.8) is 0 Å². The molecule has 0 bridgehead atoms. The van der Waals surface area contributed by atoms with Gasteiger partial charge in [-0.25, -0.2) is 4.79 Å². The van der Waals surface area contributed by atoms with Crippen molar-refractivity contribution in [2.24, 2.45) is 0 Å². The smallest absolute Gasteiger partial charge is 0.323 e. The number of anilines is 2. The number of carbonyl (C=O) groups is 3. The van der Waals surface area contributed by atoms with Crippen LogP contribution in [0.3, 0.4) is 0 Å². The molecule has 6 nitrogen and oxygen atoms in total. The topological polar surface area (TPSA) is 87.3 Å². The molecule has 3 amide bonds. The highest BCUT2D eigenvalue weighted by atomic mass is 16.2. The van der Waals surface area contributed by atoms with E-state index >= 15 is 0 Å². The van der Waals surface area contributed by atoms with Crippen LogP contribution in [0.4, 0.5) is 16.2 Å². The van der Waals surface area contributed by atoms with Gasteiger partial charge in [0.25, 0.3) is 5.91 Å². The zero-order valence-electron chi connectivity index (χ0n) is 14.3. The van der Waals surface area contributed by atoms with Gasteiger partial charge >= 0.3 is 6.03 Å². The molecule has 2 rings (SSSR count). The van der Waals surface area contributed by atoms with Gasteiger partial charge in [0.15, 0.2) is 5.78 Å². The van der Waals surface area contributed by atoms with Crippen molar-refractivity contribution in [3.8, 4) is 0 Å². The van der Waals surface area contributed by atoms with Crippen LogP contribution in [0.1, 0.15) is 41.0 Å². The minimum absolute atomic E-state index is 0.0286. The lowest BCUT2D eigenvalue weighted by Gasteiger charge is -2.09. The molecular formula is C19H21N3O3. The summed E-state index contributed by atoms with van der Waals surface area (Å²) in [7, 11) is 0. The number of Topliss-reactive ketones (excluding diaryl/α,β-unsaturated/α-hetero) is 1. The van der Waals surface area contributed by atoms with Gasteiger partial charge in [-0.15, -0.1) is 0 Å². The van der Waals surface area contributed by atoms with Gasteiger partial charge in [0.2, 0.25) is 0 Å². The number of rotatable bonds is 6. The number of ketones is 1. The molecule has 0 saturated carbocycles. The van der Waals surface area contributed by atoms with E-state index in [0.29, 0.717) is 29.0 Å². The average molecular weight is 339 g/mol. The summed E-state index contributed by atoms with van der Waals surface area (Å²) in [4.78, 5) is 35.0. The highest BCUT2D eigenvalue weighted by Crippen LogP contribution is 2.13. The Kier molecular flexibility index (Phi) is 6.28. The molecule has 2 aromatic rings. The summed E-state index contributed by atoms with van der Waals surface area (Å²) in [5.41, 5.74) is 2.28. The van der Waals surface area contributed by atoms with E-state index in [1.807, 2.05) is 6.92 Å². The number of hydrogen-bond acceptors (Lipinski definition) is 3. The zero-order chi connectivity index (χ0) is 18.2. The first kappa shape index (κ1) is 18.2. The maximum absolute atomic E-state index is 12.0. The first-order chi connectivity index (χ1) is 12.0. The highest BCUT2D eigenvalue weighted by molar-refractivity contribution is 6.01. The summed E-state index contributed by atoms with van der Waals surface area (Å²) in [5.74, 6) is -0.164. The Hall–Kier alpha value is -3.15. The molecule has 0 aromatic heterocycles. The van der Waals surface area contributed by atoms with Gasteiger partial charge in [0.05, 0.1) is 0 Å². The van der Waals surface area contributed by atoms with E-state index in [9.17, 15) is 14.4 Å². The Balaban J connectivity index is 1.91. The second-order valence-corrected chi connectivity index (χ2v) is 5.55. The fourth-order valence-corrected chi connectivity index (χ4v) is 2.13. The van der Waals surface area contributed by atoms with Crippen LogP contribution < -0.4 is 16.0 Å². The second kappa shape index (κ2) is 8.63. The van der Waals surface area contributed by atoms with E-state index in [4.69, 9.17) is 0 Å². The summed E-state index contributed by atoms with van der Waals surface area (Å²) in [6.45, 7) is 4.10. The molecular weight excluding hydrogens is 318 g/mol. The van der Waals surface area contributed by atoms with Crippen molar-refractivity contribution in [3.05, 3.63) is 59.7 Å². The van der Waals surface area contributed by atoms with Crippen LogP contribution in [0.15, 0.2) is 48.5 Å². The number of amides is 3. The van der Waals surface area contributed by atoms with Crippen LogP contribution in [-0.2, 0) is 0 Å². The van der Waals surface area contributed by atoms with Gasteiger partial charge in [-0.2, -0.15) is 0 Å². The fraction of sp³-hybridized carbons (Fsp3) is 0.211. The monoisotopic (exact) mass is 339 g/mol. The van der Waals surface area contributed by atoms with Crippen molar-refractivity contribution >= 4 is 29.1 Å². The van der Waals surface area contributed by atoms with Gasteiger partial charge in [0.1, 0.15) is 0 Å². The SMILES string of the molecule is CCCNC(=O)c1ccc(NC(=O)Nc2ccc(C(C)=O)cc2)cc1. The van der Waals surface area contributed by atoms with Crippen molar-refractivity contribution in [2.75, 3.05) is 17.2 Å². The summed E-state index contributed by atoms with van der Waals surface area (Å²) < 4.78 is 0. The van der Waals surface area contributed by atoms with E-state index in [0.717, 1.165) is 6.42 Å². The summed E-state index contributed by atoms with van der Waals surface area (Å²) in [6, 6.07) is 12.9. The third kappa shape index (κ3) is 5.46. The van der Waals surface area contributed by atoms with Crippen molar-refractivity contribution < 1.29 is 14.4 Å². The zero-order valence-corrected chi connectivity index (χ0v) is 14.3. The Morgan fingerprint density at radius 1 is 0.800 bits per heavy atom. The van der Waals surface area contributed by atoms with Gasteiger partial charge in [-0.05, 0) is 61.9 Å². The highest BCUT2D eigenvalue weighted by Gasteiger charge is 2.07. The number of urea groups is 1. The van der Waals surface area contributed by atoms with Gasteiger partial charge < -0.3 is 16.0 Å². The van der Waals surface area contributed by atoms with Crippen LogP contribution in [-0.4, -0.2) is 24.3 Å². The molecule has 0 aliphatic heterocycles. The lowest BCUT2D eigenvalue weighted by atomic mass is 10.1. The van der Waals surface area contributed by atoms with Crippen LogP contribution >= 0.6 is 0 Å². The van der Waals surface area contributed by atoms with E-state index in [2.05, 4.69) is 16.0 Å². The Morgan fingerprint density at radius 3 is 1.72 bits per heavy atom. The maximum Gasteiger partial charge on any atom is 0.323 e. The van der Waals surface area contributed by atoms with Crippen LogP contribution in [0.2, 0.25) is 0 Å². The number of carbonyl (C=O) groups excluding carboxylic acids is 3. The van der Waals surface area contributed by atoms with Crippen molar-refractivity contribution in [1.29, 1.82) is 0 Å². The summed E-state index contributed by atoms with van der Waals surface area (Å²) in [5, 5.41) is 8.16. The lowest BCUT2D eigenvalue weighted by molar-refractivity contribution is 0.0952. The predicted molar refractivity (Wildman–Crippen MR) is 98.2 cm³/mol. The third-order valence-electron chi connectivity index (χ3n) is 3.49. The molecule has 0 unspecified atom stereocenters. The molecule has 2 aromatic carbocycles. The van der Waals surface area contributed by atoms with Gasteiger partial charge in [0, 0.05) is 29.0 Å². The molecule has 0 saturated heterocycles. The maximum atomic E-state index is 12.0. The Morgan fingerprint density at radius 2 is 1.28 bits per heavy atom. The molecule has 130 valence electrons. The largest absolute Gasteiger partial charge is 0.352 e. The van der Waals surface area contributed by atoms with Crippen LogP contribution in [0, 0.1) is 0 Å². The second-order valence-electron chi connectivity index (χ2n) is 5.55. The molecule has 0 aliphatic carbocycles. The van der Waals surface area contributed by atoms with E-state index in [-0.39, 0.29) is 11.7 Å². The van der Waals surface area contributed by atoms with Crippen LogP contribution in [0.25, 0.3) is 0 Å². The molecule has 0 heterocycles. The minimum atomic E-state index is -0.404. The Labute approximate surface area is 146 Å². The molecule has 3 N–H and O–H groups in total. The average Bonchev–Trinajstić information content (AvgIpc) is 2.60. The number of nitrogens with one attached hydrogen (secondary N) is 3. The quantitative estimate of drug-likeness (QED) is 0.702.